The quantitative estimate of drug-likeness (QED) is 0.575. The summed E-state index contributed by atoms with van der Waals surface area (Å²) in [6, 6.07) is 10.2. The number of para-hydroxylation sites is 1. The molecule has 1 atom stereocenters. The van der Waals surface area contributed by atoms with Gasteiger partial charge in [-0.15, -0.1) is 11.6 Å². The highest BCUT2D eigenvalue weighted by molar-refractivity contribution is 6.32. The van der Waals surface area contributed by atoms with E-state index >= 15 is 0 Å². The van der Waals surface area contributed by atoms with Crippen LogP contribution >= 0.6 is 23.2 Å². The molecule has 3 rings (SSSR count). The van der Waals surface area contributed by atoms with E-state index < -0.39 is 0 Å². The van der Waals surface area contributed by atoms with Crippen molar-refractivity contribution >= 4 is 34.2 Å². The van der Waals surface area contributed by atoms with Crippen molar-refractivity contribution in [2.75, 3.05) is 0 Å². The predicted molar refractivity (Wildman–Crippen MR) is 85.0 cm³/mol. The fourth-order valence-electron chi connectivity index (χ4n) is 2.48. The Morgan fingerprint density at radius 1 is 1.24 bits per heavy atom. The molecule has 0 amide bonds. The van der Waals surface area contributed by atoms with E-state index in [0.29, 0.717) is 16.4 Å². The minimum atomic E-state index is -0.323. The highest BCUT2D eigenvalue weighted by Crippen LogP contribution is 2.33. The zero-order valence-electron chi connectivity index (χ0n) is 11.6. The van der Waals surface area contributed by atoms with Gasteiger partial charge in [0.25, 0.3) is 0 Å². The Hall–Kier alpha value is -1.58. The zero-order chi connectivity index (χ0) is 15.1. The molecular formula is C16H13Cl2FN2. The number of imidazole rings is 1. The van der Waals surface area contributed by atoms with Gasteiger partial charge in [-0.3, -0.25) is 4.57 Å². The summed E-state index contributed by atoms with van der Waals surface area (Å²) in [7, 11) is 0. The van der Waals surface area contributed by atoms with Gasteiger partial charge in [-0.05, 0) is 37.6 Å². The Balaban J connectivity index is 2.42. The number of fused-ring (bicyclic) bond motifs is 1. The highest BCUT2D eigenvalue weighted by Gasteiger charge is 2.19. The second kappa shape index (κ2) is 5.32. The van der Waals surface area contributed by atoms with Crippen molar-refractivity contribution in [3.63, 3.8) is 0 Å². The van der Waals surface area contributed by atoms with Crippen LogP contribution in [0.4, 0.5) is 4.39 Å². The van der Waals surface area contributed by atoms with Gasteiger partial charge in [0, 0.05) is 6.07 Å². The van der Waals surface area contributed by atoms with E-state index in [0.717, 1.165) is 16.8 Å². The van der Waals surface area contributed by atoms with Gasteiger partial charge in [-0.25, -0.2) is 9.37 Å². The first kappa shape index (κ1) is 14.4. The number of hydrogen-bond acceptors (Lipinski definition) is 1. The number of hydrogen-bond donors (Lipinski definition) is 0. The summed E-state index contributed by atoms with van der Waals surface area (Å²) < 4.78 is 15.3. The summed E-state index contributed by atoms with van der Waals surface area (Å²) in [5.74, 6) is 0.324. The fraction of sp³-hybridized carbons (Fsp3) is 0.188. The maximum absolute atomic E-state index is 13.4. The summed E-state index contributed by atoms with van der Waals surface area (Å²) in [5.41, 5.74) is 3.19. The van der Waals surface area contributed by atoms with Crippen LogP contribution in [0.25, 0.3) is 16.7 Å². The topological polar surface area (TPSA) is 17.8 Å². The van der Waals surface area contributed by atoms with E-state index in [-0.39, 0.29) is 11.2 Å². The van der Waals surface area contributed by atoms with Crippen molar-refractivity contribution in [2.24, 2.45) is 0 Å². The first-order valence-corrected chi connectivity index (χ1v) is 7.38. The van der Waals surface area contributed by atoms with Crippen molar-refractivity contribution in [3.05, 3.63) is 58.6 Å². The van der Waals surface area contributed by atoms with Gasteiger partial charge in [0.15, 0.2) is 0 Å². The molecule has 0 aliphatic rings. The molecule has 1 aromatic heterocycles. The minimum Gasteiger partial charge on any atom is -0.293 e. The van der Waals surface area contributed by atoms with E-state index in [1.54, 1.807) is 6.07 Å². The minimum absolute atomic E-state index is 0.322. The molecule has 21 heavy (non-hydrogen) atoms. The average Bonchev–Trinajstić information content (AvgIpc) is 2.77. The van der Waals surface area contributed by atoms with Crippen LogP contribution in [-0.4, -0.2) is 9.55 Å². The van der Waals surface area contributed by atoms with Gasteiger partial charge in [0.2, 0.25) is 0 Å². The van der Waals surface area contributed by atoms with Gasteiger partial charge in [0.1, 0.15) is 11.6 Å². The number of alkyl halides is 1. The van der Waals surface area contributed by atoms with Crippen LogP contribution in [-0.2, 0) is 0 Å². The summed E-state index contributed by atoms with van der Waals surface area (Å²) >= 11 is 12.6. The molecule has 2 nitrogen and oxygen atoms in total. The second-order valence-electron chi connectivity index (χ2n) is 4.96. The number of halogens is 3. The van der Waals surface area contributed by atoms with Crippen LogP contribution in [0.2, 0.25) is 5.02 Å². The van der Waals surface area contributed by atoms with Crippen molar-refractivity contribution in [1.29, 1.82) is 0 Å². The Labute approximate surface area is 132 Å². The highest BCUT2D eigenvalue weighted by atomic mass is 35.5. The van der Waals surface area contributed by atoms with Crippen molar-refractivity contribution in [1.82, 2.24) is 9.55 Å². The van der Waals surface area contributed by atoms with Gasteiger partial charge in [-0.1, -0.05) is 23.7 Å². The lowest BCUT2D eigenvalue weighted by molar-refractivity contribution is 0.629. The molecule has 0 aliphatic heterocycles. The number of nitrogens with zero attached hydrogens (tertiary/aromatic N) is 2. The molecule has 0 saturated carbocycles. The monoisotopic (exact) mass is 322 g/mol. The maximum atomic E-state index is 13.4. The third-order valence-corrected chi connectivity index (χ3v) is 3.91. The van der Waals surface area contributed by atoms with Crippen molar-refractivity contribution < 1.29 is 4.39 Å². The van der Waals surface area contributed by atoms with Gasteiger partial charge in [0.05, 0.1) is 27.1 Å². The summed E-state index contributed by atoms with van der Waals surface area (Å²) in [6.07, 6.45) is 0. The first-order chi connectivity index (χ1) is 9.99. The molecular weight excluding hydrogens is 310 g/mol. The Morgan fingerprint density at radius 3 is 2.67 bits per heavy atom. The van der Waals surface area contributed by atoms with Crippen LogP contribution in [0.15, 0.2) is 36.4 Å². The molecule has 0 N–H and O–H groups in total. The van der Waals surface area contributed by atoms with Gasteiger partial charge in [-0.2, -0.15) is 0 Å². The molecule has 0 saturated heterocycles. The molecule has 3 aromatic rings. The van der Waals surface area contributed by atoms with Gasteiger partial charge < -0.3 is 0 Å². The number of rotatable bonds is 2. The molecule has 0 radical (unpaired) electrons. The molecule has 108 valence electrons. The van der Waals surface area contributed by atoms with Crippen LogP contribution in [0, 0.1) is 12.7 Å². The molecule has 0 fully saturated rings. The molecule has 1 unspecified atom stereocenters. The van der Waals surface area contributed by atoms with Crippen LogP contribution < -0.4 is 0 Å². The van der Waals surface area contributed by atoms with E-state index in [2.05, 4.69) is 4.98 Å². The maximum Gasteiger partial charge on any atom is 0.132 e. The number of aryl methyl sites for hydroxylation is 1. The van der Waals surface area contributed by atoms with Crippen molar-refractivity contribution in [2.45, 2.75) is 19.2 Å². The lowest BCUT2D eigenvalue weighted by Gasteiger charge is -2.14. The van der Waals surface area contributed by atoms with Crippen LogP contribution in [0.3, 0.4) is 0 Å². The lowest BCUT2D eigenvalue weighted by Crippen LogP contribution is -2.04. The third-order valence-electron chi connectivity index (χ3n) is 3.41. The molecule has 1 heterocycles. The molecule has 5 heteroatoms. The first-order valence-electron chi connectivity index (χ1n) is 6.56. The van der Waals surface area contributed by atoms with Crippen LogP contribution in [0.5, 0.6) is 0 Å². The zero-order valence-corrected chi connectivity index (χ0v) is 13.1. The van der Waals surface area contributed by atoms with Crippen molar-refractivity contribution in [3.8, 4) is 5.69 Å². The van der Waals surface area contributed by atoms with Crippen LogP contribution in [0.1, 0.15) is 23.7 Å². The molecule has 0 bridgehead atoms. The average molecular weight is 323 g/mol. The smallest absolute Gasteiger partial charge is 0.132 e. The largest absolute Gasteiger partial charge is 0.293 e. The fourth-order valence-corrected chi connectivity index (χ4v) is 2.93. The standard InChI is InChI=1S/C16H13Cl2FN2/c1-9-4-3-5-12(18)15(9)21-14-7-6-11(19)8-13(14)20-16(21)10(2)17/h3-8,10H,1-2H3. The molecule has 0 spiro atoms. The summed E-state index contributed by atoms with van der Waals surface area (Å²) in [5, 5.41) is 0.285. The van der Waals surface area contributed by atoms with E-state index in [1.165, 1.54) is 12.1 Å². The molecule has 0 aliphatic carbocycles. The summed E-state index contributed by atoms with van der Waals surface area (Å²) in [4.78, 5) is 4.46. The second-order valence-corrected chi connectivity index (χ2v) is 6.02. The third kappa shape index (κ3) is 2.41. The Kier molecular flexibility index (Phi) is 3.64. The van der Waals surface area contributed by atoms with Gasteiger partial charge >= 0.3 is 0 Å². The Morgan fingerprint density at radius 2 is 2.00 bits per heavy atom. The van der Waals surface area contributed by atoms with E-state index in [9.17, 15) is 4.39 Å². The lowest BCUT2D eigenvalue weighted by atomic mass is 10.2. The normalized spacial score (nSPS) is 12.8. The number of benzene rings is 2. The molecule has 2 aromatic carbocycles. The van der Waals surface area contributed by atoms with E-state index in [1.807, 2.05) is 36.6 Å². The summed E-state index contributed by atoms with van der Waals surface area (Å²) in [6.45, 7) is 3.81. The SMILES string of the molecule is Cc1cccc(Cl)c1-n1c(C(C)Cl)nc2cc(F)ccc21. The predicted octanol–water partition coefficient (Wildman–Crippen LogP) is 5.43. The van der Waals surface area contributed by atoms with E-state index in [4.69, 9.17) is 23.2 Å². The Bertz CT molecular complexity index is 804. The number of aromatic nitrogens is 2.